The van der Waals surface area contributed by atoms with Crippen molar-refractivity contribution in [2.24, 2.45) is 0 Å². The van der Waals surface area contributed by atoms with Gasteiger partial charge in [0.05, 0.1) is 11.0 Å². The van der Waals surface area contributed by atoms with E-state index in [1.165, 1.54) is 11.8 Å². The first-order valence-electron chi connectivity index (χ1n) is 7.06. The summed E-state index contributed by atoms with van der Waals surface area (Å²) in [5.74, 6) is 1.15. The van der Waals surface area contributed by atoms with Crippen molar-refractivity contribution in [3.05, 3.63) is 30.2 Å². The van der Waals surface area contributed by atoms with Crippen LogP contribution in [-0.2, 0) is 10.5 Å². The van der Waals surface area contributed by atoms with Gasteiger partial charge in [0.2, 0.25) is 11.8 Å². The Morgan fingerprint density at radius 2 is 2.00 bits per heavy atom. The van der Waals surface area contributed by atoms with Gasteiger partial charge in [0, 0.05) is 25.5 Å². The molecule has 1 amide bonds. The number of hydrogen-bond donors (Lipinski definition) is 1. The smallest absolute Gasteiger partial charge is 0.277 e. The van der Waals surface area contributed by atoms with E-state index in [1.807, 2.05) is 56.4 Å². The predicted molar refractivity (Wildman–Crippen MR) is 96.2 cm³/mol. The van der Waals surface area contributed by atoms with Crippen molar-refractivity contribution in [1.29, 1.82) is 0 Å². The first-order valence-corrected chi connectivity index (χ1v) is 9.33. The number of rotatable bonds is 7. The summed E-state index contributed by atoms with van der Waals surface area (Å²) < 4.78 is 5.47. The molecule has 23 heavy (non-hydrogen) atoms. The van der Waals surface area contributed by atoms with Gasteiger partial charge >= 0.3 is 0 Å². The Hall–Kier alpha value is -1.67. The second kappa shape index (κ2) is 8.26. The lowest BCUT2D eigenvalue weighted by Crippen LogP contribution is -2.22. The van der Waals surface area contributed by atoms with Crippen molar-refractivity contribution in [3.63, 3.8) is 0 Å². The SMILES string of the molecule is CSCc1nnc(SC(C)C(=O)Nc2ccc(N(C)C)cc2)o1. The summed E-state index contributed by atoms with van der Waals surface area (Å²) in [5.41, 5.74) is 1.85. The van der Waals surface area contributed by atoms with E-state index in [0.29, 0.717) is 16.9 Å². The van der Waals surface area contributed by atoms with E-state index in [0.717, 1.165) is 11.4 Å². The molecule has 0 fully saturated rings. The van der Waals surface area contributed by atoms with Crippen LogP contribution >= 0.6 is 23.5 Å². The molecule has 0 bridgehead atoms. The second-order valence-electron chi connectivity index (χ2n) is 5.09. The molecular formula is C15H20N4O2S2. The number of nitrogens with zero attached hydrogens (tertiary/aromatic N) is 3. The molecule has 1 atom stereocenters. The van der Waals surface area contributed by atoms with E-state index in [9.17, 15) is 4.79 Å². The molecule has 1 N–H and O–H groups in total. The Morgan fingerprint density at radius 1 is 1.30 bits per heavy atom. The zero-order chi connectivity index (χ0) is 16.8. The third-order valence-electron chi connectivity index (χ3n) is 3.01. The van der Waals surface area contributed by atoms with E-state index >= 15 is 0 Å². The average Bonchev–Trinajstić information content (AvgIpc) is 2.95. The summed E-state index contributed by atoms with van der Waals surface area (Å²) in [4.78, 5) is 14.2. The Balaban J connectivity index is 1.91. The molecule has 0 saturated heterocycles. The summed E-state index contributed by atoms with van der Waals surface area (Å²) in [7, 11) is 3.95. The fraction of sp³-hybridized carbons (Fsp3) is 0.400. The highest BCUT2D eigenvalue weighted by molar-refractivity contribution is 8.00. The van der Waals surface area contributed by atoms with Crippen LogP contribution in [-0.4, -0.2) is 41.7 Å². The van der Waals surface area contributed by atoms with Gasteiger partial charge in [-0.05, 0) is 37.4 Å². The molecule has 1 aromatic heterocycles. The largest absolute Gasteiger partial charge is 0.415 e. The first kappa shape index (κ1) is 17.7. The van der Waals surface area contributed by atoms with Gasteiger partial charge in [0.1, 0.15) is 0 Å². The molecule has 1 aromatic carbocycles. The van der Waals surface area contributed by atoms with Gasteiger partial charge in [-0.2, -0.15) is 11.8 Å². The molecule has 0 spiro atoms. The number of nitrogens with one attached hydrogen (secondary N) is 1. The van der Waals surface area contributed by atoms with Gasteiger partial charge in [0.15, 0.2) is 0 Å². The summed E-state index contributed by atoms with van der Waals surface area (Å²) in [6.07, 6.45) is 1.97. The normalized spacial score (nSPS) is 12.0. The molecule has 1 heterocycles. The number of benzene rings is 1. The standard InChI is InChI=1S/C15H20N4O2S2/c1-10(23-15-18-17-13(21-15)9-22-4)14(20)16-11-5-7-12(8-6-11)19(2)3/h5-8,10H,9H2,1-4H3,(H,16,20). The summed E-state index contributed by atoms with van der Waals surface area (Å²) in [6, 6.07) is 7.68. The Morgan fingerprint density at radius 3 is 2.61 bits per heavy atom. The average molecular weight is 352 g/mol. The number of carbonyl (C=O) groups is 1. The van der Waals surface area contributed by atoms with Crippen molar-refractivity contribution in [2.45, 2.75) is 23.1 Å². The van der Waals surface area contributed by atoms with Crippen LogP contribution in [0.25, 0.3) is 0 Å². The fourth-order valence-corrected chi connectivity index (χ4v) is 2.82. The molecule has 0 radical (unpaired) electrons. The zero-order valence-corrected chi connectivity index (χ0v) is 15.2. The lowest BCUT2D eigenvalue weighted by Gasteiger charge is -2.14. The van der Waals surface area contributed by atoms with Gasteiger partial charge in [0.25, 0.3) is 5.22 Å². The fourth-order valence-electron chi connectivity index (χ4n) is 1.76. The minimum atomic E-state index is -0.328. The maximum Gasteiger partial charge on any atom is 0.277 e. The highest BCUT2D eigenvalue weighted by Crippen LogP contribution is 2.24. The molecular weight excluding hydrogens is 332 g/mol. The van der Waals surface area contributed by atoms with Gasteiger partial charge in [-0.1, -0.05) is 11.8 Å². The Bertz CT molecular complexity index is 643. The minimum absolute atomic E-state index is 0.0998. The van der Waals surface area contributed by atoms with Gasteiger partial charge < -0.3 is 14.6 Å². The van der Waals surface area contributed by atoms with Crippen LogP contribution in [0.1, 0.15) is 12.8 Å². The van der Waals surface area contributed by atoms with Crippen LogP contribution < -0.4 is 10.2 Å². The summed E-state index contributed by atoms with van der Waals surface area (Å²) >= 11 is 2.87. The molecule has 8 heteroatoms. The molecule has 0 aliphatic rings. The molecule has 2 aromatic rings. The topological polar surface area (TPSA) is 71.3 Å². The number of amides is 1. The second-order valence-corrected chi connectivity index (χ2v) is 7.24. The van der Waals surface area contributed by atoms with E-state index in [4.69, 9.17) is 4.42 Å². The maximum atomic E-state index is 12.2. The number of thioether (sulfide) groups is 2. The van der Waals surface area contributed by atoms with Crippen molar-refractivity contribution in [1.82, 2.24) is 10.2 Å². The Kier molecular flexibility index (Phi) is 6.35. The molecule has 2 rings (SSSR count). The minimum Gasteiger partial charge on any atom is -0.415 e. The van der Waals surface area contributed by atoms with E-state index in [1.54, 1.807) is 11.8 Å². The van der Waals surface area contributed by atoms with Crippen molar-refractivity contribution >= 4 is 40.8 Å². The quantitative estimate of drug-likeness (QED) is 0.768. The third kappa shape index (κ3) is 5.18. The lowest BCUT2D eigenvalue weighted by molar-refractivity contribution is -0.115. The van der Waals surface area contributed by atoms with Crippen molar-refractivity contribution < 1.29 is 9.21 Å². The number of carbonyl (C=O) groups excluding carboxylic acids is 1. The lowest BCUT2D eigenvalue weighted by atomic mass is 10.2. The molecule has 6 nitrogen and oxygen atoms in total. The summed E-state index contributed by atoms with van der Waals surface area (Å²) in [5, 5.41) is 10.9. The van der Waals surface area contributed by atoms with Crippen LogP contribution in [0.4, 0.5) is 11.4 Å². The molecule has 124 valence electrons. The van der Waals surface area contributed by atoms with E-state index < -0.39 is 0 Å². The zero-order valence-electron chi connectivity index (χ0n) is 13.6. The molecule has 0 aliphatic carbocycles. The predicted octanol–water partition coefficient (Wildman–Crippen LogP) is 3.12. The maximum absolute atomic E-state index is 12.2. The van der Waals surface area contributed by atoms with Gasteiger partial charge in [-0.3, -0.25) is 4.79 Å². The monoisotopic (exact) mass is 352 g/mol. The highest BCUT2D eigenvalue weighted by atomic mass is 32.2. The van der Waals surface area contributed by atoms with E-state index in [2.05, 4.69) is 15.5 Å². The van der Waals surface area contributed by atoms with Gasteiger partial charge in [-0.15, -0.1) is 10.2 Å². The van der Waals surface area contributed by atoms with Crippen LogP contribution in [0.5, 0.6) is 0 Å². The molecule has 0 aliphatic heterocycles. The van der Waals surface area contributed by atoms with Crippen LogP contribution in [0, 0.1) is 0 Å². The van der Waals surface area contributed by atoms with Crippen molar-refractivity contribution in [3.8, 4) is 0 Å². The number of anilines is 2. The third-order valence-corrected chi connectivity index (χ3v) is 4.48. The Labute approximate surface area is 144 Å². The van der Waals surface area contributed by atoms with Gasteiger partial charge in [-0.25, -0.2) is 0 Å². The highest BCUT2D eigenvalue weighted by Gasteiger charge is 2.18. The van der Waals surface area contributed by atoms with Crippen LogP contribution in [0.15, 0.2) is 33.9 Å². The molecule has 0 saturated carbocycles. The number of aromatic nitrogens is 2. The van der Waals surface area contributed by atoms with Crippen LogP contribution in [0.3, 0.4) is 0 Å². The van der Waals surface area contributed by atoms with Crippen molar-refractivity contribution in [2.75, 3.05) is 30.6 Å². The van der Waals surface area contributed by atoms with Crippen LogP contribution in [0.2, 0.25) is 0 Å². The summed E-state index contributed by atoms with van der Waals surface area (Å²) in [6.45, 7) is 1.81. The van der Waals surface area contributed by atoms with E-state index in [-0.39, 0.29) is 11.2 Å². The first-order chi connectivity index (χ1) is 11.0. The number of hydrogen-bond acceptors (Lipinski definition) is 7. The molecule has 1 unspecified atom stereocenters.